The van der Waals surface area contributed by atoms with Crippen LogP contribution >= 0.6 is 0 Å². The molecule has 1 atom stereocenters. The van der Waals surface area contributed by atoms with Crippen molar-refractivity contribution >= 4 is 21.7 Å². The van der Waals surface area contributed by atoms with E-state index in [-0.39, 0.29) is 4.90 Å². The summed E-state index contributed by atoms with van der Waals surface area (Å²) in [6.07, 6.45) is -0.977. The van der Waals surface area contributed by atoms with E-state index in [1.807, 2.05) is 0 Å². The first-order valence-corrected chi connectivity index (χ1v) is 7.04. The monoisotopic (exact) mass is 299 g/mol. The third-order valence-corrected chi connectivity index (χ3v) is 3.65. The van der Waals surface area contributed by atoms with Gasteiger partial charge in [0, 0.05) is 11.5 Å². The number of rotatable bonds is 6. The maximum absolute atomic E-state index is 11.8. The van der Waals surface area contributed by atoms with Crippen molar-refractivity contribution in [2.45, 2.75) is 11.0 Å². The SMILES string of the molecule is O=C(C=CS(=O)(=O)c1ccccc1)NCC(O)C(=O)O. The number of aliphatic hydroxyl groups excluding tert-OH is 1. The quantitative estimate of drug-likeness (QED) is 0.611. The molecule has 7 nitrogen and oxygen atoms in total. The largest absolute Gasteiger partial charge is 0.479 e. The lowest BCUT2D eigenvalue weighted by Gasteiger charge is -2.05. The molecule has 0 radical (unpaired) electrons. The molecule has 0 bridgehead atoms. The first-order valence-electron chi connectivity index (χ1n) is 5.50. The van der Waals surface area contributed by atoms with E-state index >= 15 is 0 Å². The minimum absolute atomic E-state index is 0.0367. The van der Waals surface area contributed by atoms with Crippen molar-refractivity contribution in [3.63, 3.8) is 0 Å². The Bertz CT molecular complexity index is 608. The van der Waals surface area contributed by atoms with Gasteiger partial charge in [-0.3, -0.25) is 4.79 Å². The molecule has 8 heteroatoms. The number of aliphatic hydroxyl groups is 1. The molecule has 0 fully saturated rings. The Morgan fingerprint density at radius 2 is 1.85 bits per heavy atom. The Morgan fingerprint density at radius 1 is 1.25 bits per heavy atom. The lowest BCUT2D eigenvalue weighted by molar-refractivity contribution is -0.146. The second-order valence-corrected chi connectivity index (χ2v) is 5.59. The van der Waals surface area contributed by atoms with Gasteiger partial charge in [-0.25, -0.2) is 13.2 Å². The summed E-state index contributed by atoms with van der Waals surface area (Å²) in [5.74, 6) is -2.30. The highest BCUT2D eigenvalue weighted by Crippen LogP contribution is 2.10. The average molecular weight is 299 g/mol. The standard InChI is InChI=1S/C12H13NO6S/c14-10(12(16)17)8-13-11(15)6-7-20(18,19)9-4-2-1-3-5-9/h1-7,10,14H,8H2,(H,13,15)(H,16,17). The maximum Gasteiger partial charge on any atom is 0.334 e. The van der Waals surface area contributed by atoms with E-state index in [2.05, 4.69) is 5.32 Å². The molecule has 0 spiro atoms. The highest BCUT2D eigenvalue weighted by atomic mass is 32.2. The van der Waals surface area contributed by atoms with Crippen LogP contribution < -0.4 is 5.32 Å². The molecule has 0 saturated heterocycles. The zero-order valence-electron chi connectivity index (χ0n) is 10.3. The highest BCUT2D eigenvalue weighted by molar-refractivity contribution is 7.94. The molecule has 0 aromatic heterocycles. The summed E-state index contributed by atoms with van der Waals surface area (Å²) < 4.78 is 23.5. The highest BCUT2D eigenvalue weighted by Gasteiger charge is 2.14. The van der Waals surface area contributed by atoms with Gasteiger partial charge in [0.05, 0.1) is 11.4 Å². The molecule has 1 amide bonds. The predicted octanol–water partition coefficient (Wildman–Crippen LogP) is -0.464. The minimum Gasteiger partial charge on any atom is -0.479 e. The van der Waals surface area contributed by atoms with Crippen LogP contribution in [0.1, 0.15) is 0 Å². The van der Waals surface area contributed by atoms with Crippen LogP contribution in [0.3, 0.4) is 0 Å². The molecule has 0 saturated carbocycles. The number of nitrogens with one attached hydrogen (secondary N) is 1. The molecule has 1 aromatic carbocycles. The van der Waals surface area contributed by atoms with E-state index in [1.165, 1.54) is 12.1 Å². The summed E-state index contributed by atoms with van der Waals surface area (Å²) in [6.45, 7) is -0.510. The van der Waals surface area contributed by atoms with Gasteiger partial charge in [0.1, 0.15) is 0 Å². The summed E-state index contributed by atoms with van der Waals surface area (Å²) in [4.78, 5) is 21.6. The summed E-state index contributed by atoms with van der Waals surface area (Å²) in [6, 6.07) is 7.51. The minimum atomic E-state index is -3.73. The Kier molecular flexibility index (Phi) is 5.42. The van der Waals surface area contributed by atoms with Crippen LogP contribution in [0.4, 0.5) is 0 Å². The number of carbonyl (C=O) groups excluding carboxylic acids is 1. The van der Waals surface area contributed by atoms with Gasteiger partial charge in [0.15, 0.2) is 15.9 Å². The Hall–Kier alpha value is -2.19. The number of carboxylic acid groups (broad SMARTS) is 1. The second-order valence-electron chi connectivity index (χ2n) is 3.76. The van der Waals surface area contributed by atoms with Gasteiger partial charge >= 0.3 is 5.97 Å². The molecule has 1 rings (SSSR count). The maximum atomic E-state index is 11.8. The van der Waals surface area contributed by atoms with Crippen LogP contribution in [-0.4, -0.2) is 43.2 Å². The van der Waals surface area contributed by atoms with Crippen molar-refractivity contribution in [3.8, 4) is 0 Å². The molecule has 0 aliphatic heterocycles. The second kappa shape index (κ2) is 6.83. The van der Waals surface area contributed by atoms with E-state index in [1.54, 1.807) is 18.2 Å². The van der Waals surface area contributed by atoms with Crippen LogP contribution in [0.15, 0.2) is 46.7 Å². The third-order valence-electron chi connectivity index (χ3n) is 2.23. The van der Waals surface area contributed by atoms with Gasteiger partial charge in [-0.2, -0.15) is 0 Å². The van der Waals surface area contributed by atoms with Gasteiger partial charge in [-0.05, 0) is 12.1 Å². The van der Waals surface area contributed by atoms with Crippen LogP contribution in [0.2, 0.25) is 0 Å². The molecule has 108 valence electrons. The topological polar surface area (TPSA) is 121 Å². The van der Waals surface area contributed by atoms with E-state index < -0.39 is 34.4 Å². The van der Waals surface area contributed by atoms with E-state index in [9.17, 15) is 18.0 Å². The molecule has 20 heavy (non-hydrogen) atoms. The van der Waals surface area contributed by atoms with E-state index in [4.69, 9.17) is 10.2 Å². The third kappa shape index (κ3) is 4.82. The number of carbonyl (C=O) groups is 2. The fourth-order valence-electron chi connectivity index (χ4n) is 1.18. The predicted molar refractivity (Wildman–Crippen MR) is 69.4 cm³/mol. The molecule has 0 heterocycles. The average Bonchev–Trinajstić information content (AvgIpc) is 2.43. The van der Waals surface area contributed by atoms with Crippen molar-refractivity contribution < 1.29 is 28.2 Å². The molecule has 3 N–H and O–H groups in total. The number of hydrogen-bond donors (Lipinski definition) is 3. The number of benzene rings is 1. The number of carboxylic acids is 1. The van der Waals surface area contributed by atoms with E-state index in [0.717, 1.165) is 6.08 Å². The Labute approximate surface area is 115 Å². The summed E-state index contributed by atoms with van der Waals surface area (Å²) in [7, 11) is -3.73. The van der Waals surface area contributed by atoms with Crippen LogP contribution in [-0.2, 0) is 19.4 Å². The molecule has 0 aliphatic carbocycles. The number of aliphatic carboxylic acids is 1. The first-order chi connectivity index (χ1) is 9.33. The number of amides is 1. The van der Waals surface area contributed by atoms with Crippen LogP contribution in [0.5, 0.6) is 0 Å². The smallest absolute Gasteiger partial charge is 0.334 e. The summed E-state index contributed by atoms with van der Waals surface area (Å²) >= 11 is 0. The number of sulfone groups is 1. The normalized spacial score (nSPS) is 13.1. The summed E-state index contributed by atoms with van der Waals surface area (Å²) in [5, 5.41) is 20.1. The molecular weight excluding hydrogens is 286 g/mol. The fraction of sp³-hybridized carbons (Fsp3) is 0.167. The zero-order valence-corrected chi connectivity index (χ0v) is 11.1. The Morgan fingerprint density at radius 3 is 2.40 bits per heavy atom. The van der Waals surface area contributed by atoms with E-state index in [0.29, 0.717) is 5.41 Å². The van der Waals surface area contributed by atoms with Crippen molar-refractivity contribution in [1.29, 1.82) is 0 Å². The van der Waals surface area contributed by atoms with Crippen molar-refractivity contribution in [2.24, 2.45) is 0 Å². The fourth-order valence-corrected chi connectivity index (χ4v) is 2.18. The molecule has 1 unspecified atom stereocenters. The summed E-state index contributed by atoms with van der Waals surface area (Å²) in [5.41, 5.74) is 0. The van der Waals surface area contributed by atoms with Gasteiger partial charge in [-0.1, -0.05) is 18.2 Å². The van der Waals surface area contributed by atoms with Gasteiger partial charge in [-0.15, -0.1) is 0 Å². The molecular formula is C12H13NO6S. The number of hydrogen-bond acceptors (Lipinski definition) is 5. The van der Waals surface area contributed by atoms with Crippen molar-refractivity contribution in [1.82, 2.24) is 5.32 Å². The van der Waals surface area contributed by atoms with Crippen molar-refractivity contribution in [2.75, 3.05) is 6.54 Å². The van der Waals surface area contributed by atoms with Crippen LogP contribution in [0.25, 0.3) is 0 Å². The Balaban J connectivity index is 2.64. The lowest BCUT2D eigenvalue weighted by atomic mass is 10.3. The first kappa shape index (κ1) is 15.9. The lowest BCUT2D eigenvalue weighted by Crippen LogP contribution is -2.35. The molecule has 0 aliphatic rings. The van der Waals surface area contributed by atoms with Crippen LogP contribution in [0, 0.1) is 0 Å². The van der Waals surface area contributed by atoms with Gasteiger partial charge in [0.25, 0.3) is 0 Å². The zero-order chi connectivity index (χ0) is 15.2. The van der Waals surface area contributed by atoms with Gasteiger partial charge in [0.2, 0.25) is 5.91 Å². The van der Waals surface area contributed by atoms with Crippen molar-refractivity contribution in [3.05, 3.63) is 41.8 Å². The van der Waals surface area contributed by atoms with Gasteiger partial charge < -0.3 is 15.5 Å². The molecule has 1 aromatic rings.